The zero-order chi connectivity index (χ0) is 20.5. The Bertz CT molecular complexity index is 1140. The summed E-state index contributed by atoms with van der Waals surface area (Å²) in [4.78, 5) is 24.4. The number of benzene rings is 1. The van der Waals surface area contributed by atoms with E-state index in [-0.39, 0.29) is 5.56 Å². The Balaban J connectivity index is 1.48. The van der Waals surface area contributed by atoms with Gasteiger partial charge in [0, 0.05) is 30.9 Å². The number of nitrogens with zero attached hydrogens (tertiary/aromatic N) is 5. The first-order valence-electron chi connectivity index (χ1n) is 10.6. The third kappa shape index (κ3) is 3.54. The van der Waals surface area contributed by atoms with Crippen LogP contribution in [0.4, 0.5) is 5.95 Å². The van der Waals surface area contributed by atoms with Gasteiger partial charge in [0.05, 0.1) is 17.9 Å². The first-order chi connectivity index (χ1) is 14.7. The van der Waals surface area contributed by atoms with Crippen LogP contribution in [0.25, 0.3) is 17.3 Å². The summed E-state index contributed by atoms with van der Waals surface area (Å²) < 4.78 is 1.54. The van der Waals surface area contributed by atoms with Gasteiger partial charge in [-0.3, -0.25) is 4.79 Å². The molecule has 5 rings (SSSR count). The maximum atomic E-state index is 12.6. The van der Waals surface area contributed by atoms with Crippen molar-refractivity contribution in [3.8, 4) is 11.3 Å². The summed E-state index contributed by atoms with van der Waals surface area (Å²) >= 11 is 0. The molecule has 152 valence electrons. The topological polar surface area (TPSA) is 63.9 Å². The van der Waals surface area contributed by atoms with E-state index in [2.05, 4.69) is 16.5 Å². The molecule has 0 saturated carbocycles. The second kappa shape index (κ2) is 7.86. The van der Waals surface area contributed by atoms with Crippen molar-refractivity contribution in [2.45, 2.75) is 38.6 Å². The van der Waals surface area contributed by atoms with E-state index >= 15 is 0 Å². The molecule has 2 aliphatic rings. The fourth-order valence-electron chi connectivity index (χ4n) is 4.28. The summed E-state index contributed by atoms with van der Waals surface area (Å²) in [6.07, 6.45) is 8.99. The summed E-state index contributed by atoms with van der Waals surface area (Å²) in [5.41, 5.74) is 5.82. The van der Waals surface area contributed by atoms with E-state index in [1.807, 2.05) is 36.5 Å². The number of hydrogen-bond donors (Lipinski definition) is 0. The average molecular weight is 399 g/mol. The lowest BCUT2D eigenvalue weighted by Gasteiger charge is -2.28. The summed E-state index contributed by atoms with van der Waals surface area (Å²) in [6.45, 7) is 6.27. The van der Waals surface area contributed by atoms with Crippen LogP contribution in [0.1, 0.15) is 41.6 Å². The first kappa shape index (κ1) is 18.7. The fraction of sp³-hybridized carbons (Fsp3) is 0.333. The number of fused-ring (bicyclic) bond motifs is 3. The molecular formula is C24H25N5O. The van der Waals surface area contributed by atoms with Gasteiger partial charge in [-0.25, -0.2) is 14.6 Å². The number of piperidine rings is 1. The molecule has 0 amide bonds. The third-order valence-electron chi connectivity index (χ3n) is 6.00. The summed E-state index contributed by atoms with van der Waals surface area (Å²) in [5, 5.41) is 4.72. The standard InChI is InChI=1S/C24H25N5O/c1-2-17-6-8-18(9-7-17)16-29-22(30)14-19-10-11-21-20(23(19)27-29)15-25-24(26-21)28-12-4-3-5-13-28/h2,6-9,14-15H,1,3-5,10-13,16H2. The highest BCUT2D eigenvalue weighted by molar-refractivity contribution is 5.67. The molecule has 1 fully saturated rings. The molecule has 30 heavy (non-hydrogen) atoms. The molecule has 6 nitrogen and oxygen atoms in total. The van der Waals surface area contributed by atoms with Gasteiger partial charge in [0.15, 0.2) is 0 Å². The number of anilines is 1. The van der Waals surface area contributed by atoms with E-state index in [0.717, 1.165) is 65.5 Å². The van der Waals surface area contributed by atoms with E-state index in [9.17, 15) is 4.79 Å². The van der Waals surface area contributed by atoms with Crippen molar-refractivity contribution in [2.75, 3.05) is 18.0 Å². The van der Waals surface area contributed by atoms with E-state index < -0.39 is 0 Å². The highest BCUT2D eigenvalue weighted by atomic mass is 16.1. The van der Waals surface area contributed by atoms with Crippen LogP contribution in [0.2, 0.25) is 0 Å². The molecule has 0 atom stereocenters. The van der Waals surface area contributed by atoms with Crippen LogP contribution in [-0.4, -0.2) is 32.8 Å². The van der Waals surface area contributed by atoms with Gasteiger partial charge in [-0.1, -0.05) is 36.9 Å². The molecule has 1 saturated heterocycles. The van der Waals surface area contributed by atoms with Gasteiger partial charge in [0.2, 0.25) is 5.95 Å². The molecule has 1 aliphatic heterocycles. The van der Waals surface area contributed by atoms with Crippen molar-refractivity contribution in [3.05, 3.63) is 75.8 Å². The maximum absolute atomic E-state index is 12.6. The normalized spacial score (nSPS) is 15.4. The van der Waals surface area contributed by atoms with E-state index in [1.165, 1.54) is 23.9 Å². The van der Waals surface area contributed by atoms with Crippen LogP contribution >= 0.6 is 0 Å². The molecule has 0 spiro atoms. The Hall–Kier alpha value is -3.28. The smallest absolute Gasteiger partial charge is 0.267 e. The minimum absolute atomic E-state index is 0.0733. The zero-order valence-electron chi connectivity index (χ0n) is 17.0. The van der Waals surface area contributed by atoms with Crippen molar-refractivity contribution >= 4 is 12.0 Å². The molecule has 0 N–H and O–H groups in total. The second-order valence-electron chi connectivity index (χ2n) is 8.04. The van der Waals surface area contributed by atoms with Crippen LogP contribution in [0, 0.1) is 0 Å². The van der Waals surface area contributed by atoms with E-state index in [4.69, 9.17) is 10.1 Å². The fourth-order valence-corrected chi connectivity index (χ4v) is 4.28. The van der Waals surface area contributed by atoms with Crippen LogP contribution in [0.15, 0.2) is 47.9 Å². The van der Waals surface area contributed by atoms with Gasteiger partial charge in [-0.05, 0) is 48.8 Å². The minimum Gasteiger partial charge on any atom is -0.341 e. The average Bonchev–Trinajstić information content (AvgIpc) is 2.80. The quantitative estimate of drug-likeness (QED) is 0.672. The molecule has 2 aromatic heterocycles. The molecule has 0 unspecified atom stereocenters. The van der Waals surface area contributed by atoms with Gasteiger partial charge >= 0.3 is 0 Å². The van der Waals surface area contributed by atoms with E-state index in [1.54, 1.807) is 6.07 Å². The summed E-state index contributed by atoms with van der Waals surface area (Å²) in [7, 11) is 0. The predicted octanol–water partition coefficient (Wildman–Crippen LogP) is 3.48. The minimum atomic E-state index is -0.0733. The Morgan fingerprint density at radius 2 is 1.87 bits per heavy atom. The number of aryl methyl sites for hydroxylation is 2. The number of hydrogen-bond acceptors (Lipinski definition) is 5. The van der Waals surface area contributed by atoms with Gasteiger partial charge in [0.1, 0.15) is 0 Å². The van der Waals surface area contributed by atoms with Crippen molar-refractivity contribution in [1.82, 2.24) is 19.7 Å². The van der Waals surface area contributed by atoms with Gasteiger partial charge in [0.25, 0.3) is 5.56 Å². The Morgan fingerprint density at radius 1 is 1.07 bits per heavy atom. The second-order valence-corrected chi connectivity index (χ2v) is 8.04. The van der Waals surface area contributed by atoms with Crippen LogP contribution in [0.5, 0.6) is 0 Å². The predicted molar refractivity (Wildman–Crippen MR) is 119 cm³/mol. The SMILES string of the molecule is C=Cc1ccc(Cn2nc3c(cc2=O)CCc2nc(N4CCCCC4)ncc2-3)cc1. The summed E-state index contributed by atoms with van der Waals surface area (Å²) in [5.74, 6) is 0.826. The number of rotatable bonds is 4. The molecule has 1 aromatic carbocycles. The largest absolute Gasteiger partial charge is 0.341 e. The number of aromatic nitrogens is 4. The molecular weight excluding hydrogens is 374 g/mol. The van der Waals surface area contributed by atoms with Crippen LogP contribution in [0.3, 0.4) is 0 Å². The Morgan fingerprint density at radius 3 is 2.63 bits per heavy atom. The van der Waals surface area contributed by atoms with Crippen LogP contribution < -0.4 is 10.5 Å². The van der Waals surface area contributed by atoms with Crippen molar-refractivity contribution in [2.24, 2.45) is 0 Å². The van der Waals surface area contributed by atoms with Gasteiger partial charge in [-0.2, -0.15) is 5.10 Å². The molecule has 3 heterocycles. The highest BCUT2D eigenvalue weighted by Gasteiger charge is 2.23. The third-order valence-corrected chi connectivity index (χ3v) is 6.00. The molecule has 0 bridgehead atoms. The lowest BCUT2D eigenvalue weighted by atomic mass is 9.94. The summed E-state index contributed by atoms with van der Waals surface area (Å²) in [6, 6.07) is 9.73. The molecule has 3 aromatic rings. The van der Waals surface area contributed by atoms with Crippen LogP contribution in [-0.2, 0) is 19.4 Å². The van der Waals surface area contributed by atoms with Crippen molar-refractivity contribution in [3.63, 3.8) is 0 Å². The zero-order valence-corrected chi connectivity index (χ0v) is 17.0. The first-order valence-corrected chi connectivity index (χ1v) is 10.6. The molecule has 1 aliphatic carbocycles. The maximum Gasteiger partial charge on any atom is 0.267 e. The molecule has 6 heteroatoms. The van der Waals surface area contributed by atoms with Gasteiger partial charge < -0.3 is 4.90 Å². The lowest BCUT2D eigenvalue weighted by molar-refractivity contribution is 0.567. The van der Waals surface area contributed by atoms with Gasteiger partial charge in [-0.15, -0.1) is 0 Å². The Labute approximate surface area is 175 Å². The Kier molecular flexibility index (Phi) is 4.91. The van der Waals surface area contributed by atoms with Crippen molar-refractivity contribution < 1.29 is 0 Å². The monoisotopic (exact) mass is 399 g/mol. The highest BCUT2D eigenvalue weighted by Crippen LogP contribution is 2.30. The molecule has 0 radical (unpaired) electrons. The van der Waals surface area contributed by atoms with Crippen molar-refractivity contribution in [1.29, 1.82) is 0 Å². The lowest BCUT2D eigenvalue weighted by Crippen LogP contribution is -2.31. The van der Waals surface area contributed by atoms with E-state index in [0.29, 0.717) is 6.54 Å².